The fourth-order valence-electron chi connectivity index (χ4n) is 2.07. The maximum Gasteiger partial charge on any atom is 0.241 e. The summed E-state index contributed by atoms with van der Waals surface area (Å²) in [5, 5.41) is 0. The molecule has 0 aliphatic carbocycles. The largest absolute Gasteiger partial charge is 0.347 e. The van der Waals surface area contributed by atoms with Gasteiger partial charge in [-0.05, 0) is 43.7 Å². The summed E-state index contributed by atoms with van der Waals surface area (Å²) >= 11 is 0. The number of benzene rings is 1. The number of anilines is 1. The summed E-state index contributed by atoms with van der Waals surface area (Å²) < 4.78 is 40.3. The van der Waals surface area contributed by atoms with Crippen LogP contribution in [0.15, 0.2) is 29.2 Å². The molecule has 0 saturated carbocycles. The summed E-state index contributed by atoms with van der Waals surface area (Å²) in [6, 6.07) is 5.28. The van der Waals surface area contributed by atoms with Crippen LogP contribution in [-0.4, -0.2) is 32.5 Å². The van der Waals surface area contributed by atoms with E-state index in [0.717, 1.165) is 11.8 Å². The van der Waals surface area contributed by atoms with Gasteiger partial charge in [-0.25, -0.2) is 27.5 Å². The maximum absolute atomic E-state index is 13.1. The van der Waals surface area contributed by atoms with Crippen LogP contribution in [0, 0.1) is 19.7 Å². The Morgan fingerprint density at radius 2 is 1.87 bits per heavy atom. The molecule has 2 aromatic rings. The number of hydrogen-bond acceptors (Lipinski definition) is 5. The average Bonchev–Trinajstić information content (AvgIpc) is 2.44. The number of halogens is 1. The van der Waals surface area contributed by atoms with Crippen LogP contribution < -0.4 is 9.62 Å². The smallest absolute Gasteiger partial charge is 0.241 e. The van der Waals surface area contributed by atoms with E-state index in [-0.39, 0.29) is 11.4 Å². The van der Waals surface area contributed by atoms with Crippen molar-refractivity contribution in [1.82, 2.24) is 14.7 Å². The minimum absolute atomic E-state index is 0.0311. The van der Waals surface area contributed by atoms with Gasteiger partial charge in [0, 0.05) is 19.8 Å². The molecule has 124 valence electrons. The van der Waals surface area contributed by atoms with E-state index in [0.29, 0.717) is 17.2 Å². The first-order chi connectivity index (χ1) is 10.7. The number of aromatic nitrogens is 2. The highest BCUT2D eigenvalue weighted by atomic mass is 32.2. The Labute approximate surface area is 135 Å². The molecule has 0 spiro atoms. The quantitative estimate of drug-likeness (QED) is 0.899. The number of sulfonamides is 1. The van der Waals surface area contributed by atoms with Crippen molar-refractivity contribution in [3.8, 4) is 0 Å². The second-order valence-electron chi connectivity index (χ2n) is 5.43. The lowest BCUT2D eigenvalue weighted by atomic mass is 10.2. The van der Waals surface area contributed by atoms with Gasteiger partial charge in [0.1, 0.15) is 5.82 Å². The molecular weight excluding hydrogens is 319 g/mol. The monoisotopic (exact) mass is 338 g/mol. The van der Waals surface area contributed by atoms with Crippen LogP contribution in [0.4, 0.5) is 10.3 Å². The zero-order chi connectivity index (χ0) is 17.2. The molecule has 0 radical (unpaired) electrons. The Morgan fingerprint density at radius 3 is 2.48 bits per heavy atom. The van der Waals surface area contributed by atoms with Crippen molar-refractivity contribution in [3.63, 3.8) is 0 Å². The molecule has 23 heavy (non-hydrogen) atoms. The lowest BCUT2D eigenvalue weighted by molar-refractivity contribution is 0.578. The first-order valence-corrected chi connectivity index (χ1v) is 8.45. The minimum atomic E-state index is -3.74. The number of rotatable bonds is 5. The molecule has 6 nitrogen and oxygen atoms in total. The third-order valence-corrected chi connectivity index (χ3v) is 4.73. The van der Waals surface area contributed by atoms with Crippen molar-refractivity contribution in [2.75, 3.05) is 19.0 Å². The molecule has 0 aliphatic rings. The van der Waals surface area contributed by atoms with Crippen molar-refractivity contribution < 1.29 is 12.8 Å². The number of aryl methyl sites for hydroxylation is 2. The summed E-state index contributed by atoms with van der Waals surface area (Å²) in [6.45, 7) is 3.40. The second-order valence-corrected chi connectivity index (χ2v) is 7.16. The van der Waals surface area contributed by atoms with Gasteiger partial charge in [0.15, 0.2) is 0 Å². The molecule has 1 aromatic heterocycles. The van der Waals surface area contributed by atoms with Crippen LogP contribution in [0.5, 0.6) is 0 Å². The molecule has 1 N–H and O–H groups in total. The van der Waals surface area contributed by atoms with Crippen molar-refractivity contribution in [1.29, 1.82) is 0 Å². The fourth-order valence-corrected chi connectivity index (χ4v) is 3.29. The van der Waals surface area contributed by atoms with E-state index in [2.05, 4.69) is 14.7 Å². The van der Waals surface area contributed by atoms with E-state index in [1.54, 1.807) is 17.9 Å². The Hall–Kier alpha value is -2.06. The standard InChI is InChI=1S/C15H19FN4O2S/c1-10-7-12(16)5-6-14(10)23(21,22)17-9-13-8-11(2)18-15(19-13)20(3)4/h5-8,17H,9H2,1-4H3. The fraction of sp³-hybridized carbons (Fsp3) is 0.333. The van der Waals surface area contributed by atoms with Gasteiger partial charge < -0.3 is 4.90 Å². The van der Waals surface area contributed by atoms with Gasteiger partial charge in [0.05, 0.1) is 17.1 Å². The van der Waals surface area contributed by atoms with Gasteiger partial charge in [0.25, 0.3) is 0 Å². The molecule has 0 fully saturated rings. The topological polar surface area (TPSA) is 75.2 Å². The van der Waals surface area contributed by atoms with Crippen LogP contribution in [0.1, 0.15) is 17.0 Å². The van der Waals surface area contributed by atoms with Crippen LogP contribution in [-0.2, 0) is 16.6 Å². The Kier molecular flexibility index (Phi) is 4.96. The molecule has 0 atom stereocenters. The van der Waals surface area contributed by atoms with Gasteiger partial charge in [-0.2, -0.15) is 0 Å². The normalized spacial score (nSPS) is 11.5. The summed E-state index contributed by atoms with van der Waals surface area (Å²) in [5.41, 5.74) is 1.66. The SMILES string of the molecule is Cc1cc(CNS(=O)(=O)c2ccc(F)cc2C)nc(N(C)C)n1. The molecule has 0 unspecified atom stereocenters. The van der Waals surface area contributed by atoms with Crippen molar-refractivity contribution in [2.45, 2.75) is 25.3 Å². The zero-order valence-corrected chi connectivity index (χ0v) is 14.3. The Bertz CT molecular complexity index is 822. The Balaban J connectivity index is 2.22. The van der Waals surface area contributed by atoms with Crippen LogP contribution >= 0.6 is 0 Å². The van der Waals surface area contributed by atoms with E-state index in [1.807, 2.05) is 21.0 Å². The minimum Gasteiger partial charge on any atom is -0.347 e. The predicted octanol–water partition coefficient (Wildman–Crippen LogP) is 1.78. The molecule has 0 saturated heterocycles. The first kappa shape index (κ1) is 17.3. The van der Waals surface area contributed by atoms with Gasteiger partial charge >= 0.3 is 0 Å². The predicted molar refractivity (Wildman–Crippen MR) is 86.3 cm³/mol. The Morgan fingerprint density at radius 1 is 1.17 bits per heavy atom. The maximum atomic E-state index is 13.1. The van der Waals surface area contributed by atoms with Crippen molar-refractivity contribution in [2.24, 2.45) is 0 Å². The molecule has 8 heteroatoms. The van der Waals surface area contributed by atoms with Gasteiger partial charge in [-0.15, -0.1) is 0 Å². The summed E-state index contributed by atoms with van der Waals surface area (Å²) in [6.07, 6.45) is 0. The molecule has 1 aromatic carbocycles. The third kappa shape index (κ3) is 4.23. The van der Waals surface area contributed by atoms with Crippen LogP contribution in [0.3, 0.4) is 0 Å². The highest BCUT2D eigenvalue weighted by Crippen LogP contribution is 2.16. The third-order valence-electron chi connectivity index (χ3n) is 3.17. The summed E-state index contributed by atoms with van der Waals surface area (Å²) in [5.74, 6) is 0.0423. The lowest BCUT2D eigenvalue weighted by Crippen LogP contribution is -2.25. The van der Waals surface area contributed by atoms with E-state index in [1.165, 1.54) is 12.1 Å². The van der Waals surface area contributed by atoms with Gasteiger partial charge in [-0.3, -0.25) is 0 Å². The van der Waals surface area contributed by atoms with Crippen LogP contribution in [0.2, 0.25) is 0 Å². The highest BCUT2D eigenvalue weighted by molar-refractivity contribution is 7.89. The first-order valence-electron chi connectivity index (χ1n) is 6.97. The van der Waals surface area contributed by atoms with E-state index < -0.39 is 15.8 Å². The lowest BCUT2D eigenvalue weighted by Gasteiger charge is -2.13. The molecule has 0 bridgehead atoms. The summed E-state index contributed by atoms with van der Waals surface area (Å²) in [4.78, 5) is 10.3. The van der Waals surface area contributed by atoms with Gasteiger partial charge in [0.2, 0.25) is 16.0 Å². The molecule has 2 rings (SSSR count). The van der Waals surface area contributed by atoms with E-state index >= 15 is 0 Å². The highest BCUT2D eigenvalue weighted by Gasteiger charge is 2.17. The number of nitrogens with zero attached hydrogens (tertiary/aromatic N) is 3. The van der Waals surface area contributed by atoms with E-state index in [9.17, 15) is 12.8 Å². The van der Waals surface area contributed by atoms with Crippen LogP contribution in [0.25, 0.3) is 0 Å². The average molecular weight is 338 g/mol. The summed E-state index contributed by atoms with van der Waals surface area (Å²) in [7, 11) is -0.122. The molecule has 0 aliphatic heterocycles. The molecule has 0 amide bonds. The number of hydrogen-bond donors (Lipinski definition) is 1. The second kappa shape index (κ2) is 6.59. The van der Waals surface area contributed by atoms with Crippen molar-refractivity contribution >= 4 is 16.0 Å². The zero-order valence-electron chi connectivity index (χ0n) is 13.5. The van der Waals surface area contributed by atoms with Crippen molar-refractivity contribution in [3.05, 3.63) is 47.0 Å². The molecule has 1 heterocycles. The van der Waals surface area contributed by atoms with E-state index in [4.69, 9.17) is 0 Å². The van der Waals surface area contributed by atoms with Gasteiger partial charge in [-0.1, -0.05) is 0 Å². The molecular formula is C15H19FN4O2S. The number of nitrogens with one attached hydrogen (secondary N) is 1.